The van der Waals surface area contributed by atoms with Crippen molar-refractivity contribution in [3.05, 3.63) is 98.5 Å². The smallest absolute Gasteiger partial charge is 0.271 e. The minimum absolute atomic E-state index is 0.130. The number of hydrogen-bond acceptors (Lipinski definition) is 6. The first-order valence-electron chi connectivity index (χ1n) is 9.95. The topological polar surface area (TPSA) is 93.0 Å². The summed E-state index contributed by atoms with van der Waals surface area (Å²) in [6.07, 6.45) is -1.10. The summed E-state index contributed by atoms with van der Waals surface area (Å²) in [5, 5.41) is 13.2. The van der Waals surface area contributed by atoms with Gasteiger partial charge in [-0.3, -0.25) is 24.5 Å². The number of anilines is 2. The Bertz CT molecular complexity index is 1290. The molecule has 0 saturated carbocycles. The SMILES string of the molecule is O=C1[C@@H]2[C@H](ON(c3cccc([N+](=O)[O-])c3)[C@@H]2c2ccccc2)C(=O)N1c1ccc(Cl)c(Cl)c1. The maximum atomic E-state index is 13.5. The van der Waals surface area contributed by atoms with Gasteiger partial charge in [-0.1, -0.05) is 59.6 Å². The summed E-state index contributed by atoms with van der Waals surface area (Å²) in [6.45, 7) is 0. The molecule has 0 bridgehead atoms. The highest BCUT2D eigenvalue weighted by molar-refractivity contribution is 6.42. The van der Waals surface area contributed by atoms with Crippen LogP contribution in [-0.4, -0.2) is 22.8 Å². The predicted molar refractivity (Wildman–Crippen MR) is 122 cm³/mol. The van der Waals surface area contributed by atoms with E-state index in [4.69, 9.17) is 28.0 Å². The summed E-state index contributed by atoms with van der Waals surface area (Å²) in [5.41, 5.74) is 1.27. The van der Waals surface area contributed by atoms with Gasteiger partial charge in [0.15, 0.2) is 6.10 Å². The molecule has 5 rings (SSSR count). The highest BCUT2D eigenvalue weighted by Crippen LogP contribution is 2.48. The monoisotopic (exact) mass is 483 g/mol. The second-order valence-electron chi connectivity index (χ2n) is 7.62. The van der Waals surface area contributed by atoms with Crippen LogP contribution in [0.2, 0.25) is 10.0 Å². The van der Waals surface area contributed by atoms with E-state index in [0.717, 1.165) is 10.5 Å². The van der Waals surface area contributed by atoms with Gasteiger partial charge in [0.2, 0.25) is 5.91 Å². The Hall–Kier alpha value is -3.46. The lowest BCUT2D eigenvalue weighted by atomic mass is 9.90. The van der Waals surface area contributed by atoms with Crippen molar-refractivity contribution >= 4 is 52.1 Å². The van der Waals surface area contributed by atoms with Crippen LogP contribution in [0.15, 0.2) is 72.8 Å². The molecule has 2 saturated heterocycles. The highest BCUT2D eigenvalue weighted by Gasteiger charge is 2.60. The van der Waals surface area contributed by atoms with Crippen molar-refractivity contribution in [1.82, 2.24) is 0 Å². The molecule has 2 aliphatic heterocycles. The minimum atomic E-state index is -1.10. The van der Waals surface area contributed by atoms with Crippen LogP contribution >= 0.6 is 23.2 Å². The number of hydroxylamine groups is 1. The molecule has 0 spiro atoms. The third-order valence-corrected chi connectivity index (χ3v) is 6.45. The van der Waals surface area contributed by atoms with Crippen molar-refractivity contribution in [3.8, 4) is 0 Å². The first kappa shape index (κ1) is 21.4. The van der Waals surface area contributed by atoms with Gasteiger partial charge >= 0.3 is 0 Å². The lowest BCUT2D eigenvalue weighted by Crippen LogP contribution is -2.37. The lowest BCUT2D eigenvalue weighted by molar-refractivity contribution is -0.384. The largest absolute Gasteiger partial charge is 0.273 e. The van der Waals surface area contributed by atoms with E-state index in [1.807, 2.05) is 30.3 Å². The molecule has 2 aliphatic rings. The van der Waals surface area contributed by atoms with Crippen LogP contribution in [-0.2, 0) is 14.4 Å². The molecule has 10 heteroatoms. The van der Waals surface area contributed by atoms with Gasteiger partial charge in [0, 0.05) is 12.1 Å². The second kappa shape index (κ2) is 8.15. The first-order chi connectivity index (χ1) is 15.9. The van der Waals surface area contributed by atoms with Gasteiger partial charge in [0.25, 0.3) is 11.6 Å². The zero-order chi connectivity index (χ0) is 23.3. The fourth-order valence-corrected chi connectivity index (χ4v) is 4.54. The van der Waals surface area contributed by atoms with Gasteiger partial charge in [-0.2, -0.15) is 0 Å². The number of imide groups is 1. The maximum absolute atomic E-state index is 13.5. The molecule has 0 aliphatic carbocycles. The van der Waals surface area contributed by atoms with Gasteiger partial charge in [-0.25, -0.2) is 9.96 Å². The van der Waals surface area contributed by atoms with Crippen molar-refractivity contribution in [2.45, 2.75) is 12.1 Å². The van der Waals surface area contributed by atoms with E-state index in [0.29, 0.717) is 16.4 Å². The molecule has 2 amide bonds. The van der Waals surface area contributed by atoms with Crippen LogP contribution in [0.5, 0.6) is 0 Å². The predicted octanol–water partition coefficient (Wildman–Crippen LogP) is 4.95. The Morgan fingerprint density at radius 1 is 0.848 bits per heavy atom. The van der Waals surface area contributed by atoms with Crippen molar-refractivity contribution < 1.29 is 19.3 Å². The highest BCUT2D eigenvalue weighted by atomic mass is 35.5. The lowest BCUT2D eigenvalue weighted by Gasteiger charge is -2.28. The fraction of sp³-hybridized carbons (Fsp3) is 0.130. The molecule has 0 unspecified atom stereocenters. The normalized spacial score (nSPS) is 22.1. The Morgan fingerprint density at radius 2 is 1.61 bits per heavy atom. The molecule has 0 aromatic heterocycles. The first-order valence-corrected chi connectivity index (χ1v) is 10.7. The standard InChI is InChI=1S/C23H15Cl2N3O5/c24-17-10-9-14(12-18(17)25)26-22(29)19-20(13-5-2-1-3-6-13)27(33-21(19)23(26)30)15-7-4-8-16(11-15)28(31)32/h1-12,19-21H/t19-,20+,21-/m0/s1. The molecular formula is C23H15Cl2N3O5. The number of non-ortho nitro benzene ring substituents is 1. The third kappa shape index (κ3) is 3.52. The number of amides is 2. The molecule has 3 aromatic rings. The van der Waals surface area contributed by atoms with Crippen LogP contribution in [0, 0.1) is 16.0 Å². The number of hydrogen-bond donors (Lipinski definition) is 0. The molecule has 3 aromatic carbocycles. The Balaban J connectivity index is 1.58. The van der Waals surface area contributed by atoms with Crippen LogP contribution < -0.4 is 9.96 Å². The van der Waals surface area contributed by atoms with E-state index in [1.54, 1.807) is 12.1 Å². The summed E-state index contributed by atoms with van der Waals surface area (Å²) in [7, 11) is 0. The molecule has 3 atom stereocenters. The zero-order valence-corrected chi connectivity index (χ0v) is 18.3. The van der Waals surface area contributed by atoms with E-state index in [9.17, 15) is 19.7 Å². The number of nitro groups is 1. The summed E-state index contributed by atoms with van der Waals surface area (Å²) in [4.78, 5) is 44.7. The van der Waals surface area contributed by atoms with Gasteiger partial charge in [-0.05, 0) is 29.8 Å². The Morgan fingerprint density at radius 3 is 2.30 bits per heavy atom. The number of carbonyl (C=O) groups excluding carboxylic acids is 2. The van der Waals surface area contributed by atoms with E-state index < -0.39 is 34.8 Å². The molecule has 0 N–H and O–H groups in total. The molecule has 2 heterocycles. The maximum Gasteiger partial charge on any atom is 0.271 e. The molecule has 0 radical (unpaired) electrons. The van der Waals surface area contributed by atoms with Crippen LogP contribution in [0.25, 0.3) is 0 Å². The number of fused-ring (bicyclic) bond motifs is 1. The van der Waals surface area contributed by atoms with Gasteiger partial charge in [0.1, 0.15) is 5.92 Å². The van der Waals surface area contributed by atoms with Crippen LogP contribution in [0.1, 0.15) is 11.6 Å². The summed E-state index contributed by atoms with van der Waals surface area (Å²) >= 11 is 12.1. The second-order valence-corrected chi connectivity index (χ2v) is 8.43. The van der Waals surface area contributed by atoms with Gasteiger partial charge in [0.05, 0.1) is 32.4 Å². The number of halogens is 2. The number of carbonyl (C=O) groups is 2. The van der Waals surface area contributed by atoms with E-state index >= 15 is 0 Å². The summed E-state index contributed by atoms with van der Waals surface area (Å²) in [6, 6.07) is 18.8. The summed E-state index contributed by atoms with van der Waals surface area (Å²) < 4.78 is 0. The molecule has 8 nitrogen and oxygen atoms in total. The van der Waals surface area contributed by atoms with Gasteiger partial charge < -0.3 is 0 Å². The Kier molecular flexibility index (Phi) is 5.28. The quantitative estimate of drug-likeness (QED) is 0.296. The molecule has 33 heavy (non-hydrogen) atoms. The third-order valence-electron chi connectivity index (χ3n) is 5.71. The number of benzene rings is 3. The van der Waals surface area contributed by atoms with E-state index in [1.165, 1.54) is 35.4 Å². The van der Waals surface area contributed by atoms with Crippen molar-refractivity contribution in [2.24, 2.45) is 5.92 Å². The van der Waals surface area contributed by atoms with Crippen molar-refractivity contribution in [2.75, 3.05) is 9.96 Å². The number of rotatable bonds is 4. The average Bonchev–Trinajstić information content (AvgIpc) is 3.32. The fourth-order valence-electron chi connectivity index (χ4n) is 4.25. The average molecular weight is 484 g/mol. The summed E-state index contributed by atoms with van der Waals surface area (Å²) in [5.74, 6) is -1.86. The molecule has 2 fully saturated rings. The van der Waals surface area contributed by atoms with E-state index in [-0.39, 0.29) is 10.7 Å². The van der Waals surface area contributed by atoms with E-state index in [2.05, 4.69) is 0 Å². The number of nitrogens with zero attached hydrogens (tertiary/aromatic N) is 3. The van der Waals surface area contributed by atoms with Crippen molar-refractivity contribution in [3.63, 3.8) is 0 Å². The van der Waals surface area contributed by atoms with Crippen molar-refractivity contribution in [1.29, 1.82) is 0 Å². The van der Waals surface area contributed by atoms with Crippen LogP contribution in [0.4, 0.5) is 17.1 Å². The van der Waals surface area contributed by atoms with Crippen LogP contribution in [0.3, 0.4) is 0 Å². The molecular weight excluding hydrogens is 469 g/mol. The van der Waals surface area contributed by atoms with Gasteiger partial charge in [-0.15, -0.1) is 0 Å². The Labute approximate surface area is 198 Å². The molecule has 166 valence electrons. The zero-order valence-electron chi connectivity index (χ0n) is 16.8. The number of nitro benzene ring substituents is 1. The minimum Gasteiger partial charge on any atom is -0.273 e.